The number of carbonyl (C=O) groups excluding carboxylic acids is 2. The number of hydrogen-bond acceptors (Lipinski definition) is 4. The Morgan fingerprint density at radius 2 is 1.76 bits per heavy atom. The van der Waals surface area contributed by atoms with E-state index in [1.807, 2.05) is 54.7 Å². The van der Waals surface area contributed by atoms with Crippen molar-refractivity contribution >= 4 is 11.8 Å². The van der Waals surface area contributed by atoms with Crippen LogP contribution in [0.2, 0.25) is 0 Å². The van der Waals surface area contributed by atoms with Crippen molar-refractivity contribution in [2.24, 2.45) is 5.41 Å². The van der Waals surface area contributed by atoms with Crippen molar-refractivity contribution in [1.29, 1.82) is 0 Å². The standard InChI is InChI=1S/C27H29N3O3/c1-28-26(32)27(18-21-7-5-8-22(17-21)23-9-6-14-29-19-23)12-15-30(16-13-27)25(31)20-33-24-10-3-2-4-11-24/h2-11,14,17,19H,12-13,15-16,18,20H2,1H3,(H,28,32). The van der Waals surface area contributed by atoms with Gasteiger partial charge in [-0.2, -0.15) is 0 Å². The minimum absolute atomic E-state index is 0.00411. The van der Waals surface area contributed by atoms with Gasteiger partial charge in [-0.05, 0) is 54.2 Å². The van der Waals surface area contributed by atoms with Gasteiger partial charge in [-0.25, -0.2) is 0 Å². The van der Waals surface area contributed by atoms with Crippen LogP contribution in [0.15, 0.2) is 79.1 Å². The highest BCUT2D eigenvalue weighted by atomic mass is 16.5. The number of likely N-dealkylation sites (tertiary alicyclic amines) is 1. The largest absolute Gasteiger partial charge is 0.484 e. The molecule has 0 radical (unpaired) electrons. The summed E-state index contributed by atoms with van der Waals surface area (Å²) in [7, 11) is 1.68. The van der Waals surface area contributed by atoms with Gasteiger partial charge < -0.3 is 15.0 Å². The van der Waals surface area contributed by atoms with E-state index in [2.05, 4.69) is 28.5 Å². The Labute approximate surface area is 194 Å². The molecule has 33 heavy (non-hydrogen) atoms. The summed E-state index contributed by atoms with van der Waals surface area (Å²) in [5.41, 5.74) is 2.69. The van der Waals surface area contributed by atoms with Gasteiger partial charge in [0.05, 0.1) is 5.41 Å². The number of nitrogens with one attached hydrogen (secondary N) is 1. The van der Waals surface area contributed by atoms with Crippen molar-refractivity contribution in [3.8, 4) is 16.9 Å². The fourth-order valence-corrected chi connectivity index (χ4v) is 4.47. The molecule has 2 heterocycles. The first kappa shape index (κ1) is 22.5. The van der Waals surface area contributed by atoms with Crippen LogP contribution in [0.25, 0.3) is 11.1 Å². The zero-order valence-electron chi connectivity index (χ0n) is 18.9. The third-order valence-electron chi connectivity index (χ3n) is 6.35. The minimum Gasteiger partial charge on any atom is -0.484 e. The molecule has 0 atom stereocenters. The van der Waals surface area contributed by atoms with E-state index in [9.17, 15) is 9.59 Å². The highest BCUT2D eigenvalue weighted by Gasteiger charge is 2.41. The molecule has 6 nitrogen and oxygen atoms in total. The number of ether oxygens (including phenoxy) is 1. The Kier molecular flexibility index (Phi) is 7.03. The van der Waals surface area contributed by atoms with E-state index in [1.165, 1.54) is 0 Å². The monoisotopic (exact) mass is 443 g/mol. The molecule has 170 valence electrons. The summed E-state index contributed by atoms with van der Waals surface area (Å²) in [5.74, 6) is 0.654. The van der Waals surface area contributed by atoms with Crippen molar-refractivity contribution in [1.82, 2.24) is 15.2 Å². The smallest absolute Gasteiger partial charge is 0.260 e. The van der Waals surface area contributed by atoms with Crippen molar-refractivity contribution in [2.75, 3.05) is 26.7 Å². The number of nitrogens with zero attached hydrogens (tertiary/aromatic N) is 2. The zero-order valence-corrected chi connectivity index (χ0v) is 18.9. The Balaban J connectivity index is 1.43. The Bertz CT molecular complexity index is 1080. The molecule has 6 heteroatoms. The molecule has 1 fully saturated rings. The van der Waals surface area contributed by atoms with E-state index in [1.54, 1.807) is 18.1 Å². The molecule has 0 saturated carbocycles. The average molecular weight is 444 g/mol. The summed E-state index contributed by atoms with van der Waals surface area (Å²) >= 11 is 0. The highest BCUT2D eigenvalue weighted by molar-refractivity contribution is 5.84. The Hall–Kier alpha value is -3.67. The zero-order chi connectivity index (χ0) is 23.1. The summed E-state index contributed by atoms with van der Waals surface area (Å²) < 4.78 is 5.62. The minimum atomic E-state index is -0.542. The number of para-hydroxylation sites is 1. The maximum atomic E-state index is 13.0. The summed E-state index contributed by atoms with van der Waals surface area (Å²) in [6.45, 7) is 1.07. The van der Waals surface area contributed by atoms with E-state index in [0.717, 1.165) is 16.7 Å². The first-order valence-corrected chi connectivity index (χ1v) is 11.3. The predicted molar refractivity (Wildman–Crippen MR) is 128 cm³/mol. The second-order valence-electron chi connectivity index (χ2n) is 8.46. The number of rotatable bonds is 7. The van der Waals surface area contributed by atoms with E-state index in [-0.39, 0.29) is 18.4 Å². The summed E-state index contributed by atoms with van der Waals surface area (Å²) in [6, 6.07) is 21.6. The second kappa shape index (κ2) is 10.3. The van der Waals surface area contributed by atoms with Gasteiger partial charge in [0, 0.05) is 32.5 Å². The van der Waals surface area contributed by atoms with Crippen LogP contribution in [0.3, 0.4) is 0 Å². The second-order valence-corrected chi connectivity index (χ2v) is 8.46. The van der Waals surface area contributed by atoms with Crippen LogP contribution >= 0.6 is 0 Å². The Morgan fingerprint density at radius 3 is 2.45 bits per heavy atom. The molecule has 2 amide bonds. The van der Waals surface area contributed by atoms with Crippen LogP contribution in [0.4, 0.5) is 0 Å². The topological polar surface area (TPSA) is 71.5 Å². The molecule has 1 N–H and O–H groups in total. The van der Waals surface area contributed by atoms with Gasteiger partial charge in [0.15, 0.2) is 6.61 Å². The van der Waals surface area contributed by atoms with Gasteiger partial charge in [0.25, 0.3) is 5.91 Å². The molecular weight excluding hydrogens is 414 g/mol. The summed E-state index contributed by atoms with van der Waals surface area (Å²) in [6.07, 6.45) is 5.45. The van der Waals surface area contributed by atoms with Crippen LogP contribution in [0.5, 0.6) is 5.75 Å². The van der Waals surface area contributed by atoms with Gasteiger partial charge >= 0.3 is 0 Å². The SMILES string of the molecule is CNC(=O)C1(Cc2cccc(-c3cccnc3)c2)CCN(C(=O)COc2ccccc2)CC1. The third-order valence-corrected chi connectivity index (χ3v) is 6.35. The van der Waals surface area contributed by atoms with Gasteiger partial charge in [-0.1, -0.05) is 48.5 Å². The lowest BCUT2D eigenvalue weighted by molar-refractivity contribution is -0.141. The lowest BCUT2D eigenvalue weighted by atomic mass is 9.72. The summed E-state index contributed by atoms with van der Waals surface area (Å²) in [5, 5.41) is 2.86. The number of benzene rings is 2. The number of carbonyl (C=O) groups is 2. The van der Waals surface area contributed by atoms with Crippen molar-refractivity contribution in [3.05, 3.63) is 84.7 Å². The fraction of sp³-hybridized carbons (Fsp3) is 0.296. The number of piperidine rings is 1. The first-order valence-electron chi connectivity index (χ1n) is 11.3. The van der Waals surface area contributed by atoms with Crippen molar-refractivity contribution in [3.63, 3.8) is 0 Å². The molecular formula is C27H29N3O3. The van der Waals surface area contributed by atoms with E-state index >= 15 is 0 Å². The third kappa shape index (κ3) is 5.40. The molecule has 3 aromatic rings. The van der Waals surface area contributed by atoms with E-state index < -0.39 is 5.41 Å². The average Bonchev–Trinajstić information content (AvgIpc) is 2.88. The molecule has 1 saturated heterocycles. The van der Waals surface area contributed by atoms with Crippen molar-refractivity contribution < 1.29 is 14.3 Å². The van der Waals surface area contributed by atoms with Gasteiger partial charge in [0.1, 0.15) is 5.75 Å². The van der Waals surface area contributed by atoms with Gasteiger partial charge in [0.2, 0.25) is 5.91 Å². The predicted octanol–water partition coefficient (Wildman–Crippen LogP) is 3.72. The van der Waals surface area contributed by atoms with Crippen LogP contribution in [-0.4, -0.2) is 48.4 Å². The lowest BCUT2D eigenvalue weighted by Crippen LogP contribution is -2.51. The van der Waals surface area contributed by atoms with Crippen LogP contribution in [-0.2, 0) is 16.0 Å². The van der Waals surface area contributed by atoms with E-state index in [0.29, 0.717) is 38.1 Å². The van der Waals surface area contributed by atoms with Crippen LogP contribution < -0.4 is 10.1 Å². The summed E-state index contributed by atoms with van der Waals surface area (Å²) in [4.78, 5) is 31.7. The molecule has 1 aliphatic rings. The molecule has 0 unspecified atom stereocenters. The van der Waals surface area contributed by atoms with Crippen molar-refractivity contribution in [2.45, 2.75) is 19.3 Å². The molecule has 2 aromatic carbocycles. The Morgan fingerprint density at radius 1 is 1.00 bits per heavy atom. The molecule has 0 aliphatic carbocycles. The molecule has 0 bridgehead atoms. The maximum absolute atomic E-state index is 13.0. The number of amides is 2. The first-order chi connectivity index (χ1) is 16.1. The fourth-order valence-electron chi connectivity index (χ4n) is 4.47. The van der Waals surface area contributed by atoms with Crippen LogP contribution in [0.1, 0.15) is 18.4 Å². The van der Waals surface area contributed by atoms with E-state index in [4.69, 9.17) is 4.74 Å². The molecule has 1 aliphatic heterocycles. The molecule has 4 rings (SSSR count). The number of hydrogen-bond donors (Lipinski definition) is 1. The van der Waals surface area contributed by atoms with Crippen LogP contribution in [0, 0.1) is 5.41 Å². The number of aromatic nitrogens is 1. The normalized spacial score (nSPS) is 15.0. The van der Waals surface area contributed by atoms with Gasteiger partial charge in [-0.3, -0.25) is 14.6 Å². The molecule has 1 aromatic heterocycles. The van der Waals surface area contributed by atoms with Gasteiger partial charge in [-0.15, -0.1) is 0 Å². The molecule has 0 spiro atoms. The number of pyridine rings is 1. The highest BCUT2D eigenvalue weighted by Crippen LogP contribution is 2.36. The lowest BCUT2D eigenvalue weighted by Gasteiger charge is -2.40. The quantitative estimate of drug-likeness (QED) is 0.604. The maximum Gasteiger partial charge on any atom is 0.260 e.